The van der Waals surface area contributed by atoms with E-state index in [2.05, 4.69) is 21.2 Å². The number of carbonyl (C=O) groups is 1. The summed E-state index contributed by atoms with van der Waals surface area (Å²) in [6.45, 7) is 0. The molecule has 6 heteroatoms. The van der Waals surface area contributed by atoms with Crippen LogP contribution in [0.4, 0.5) is 0 Å². The van der Waals surface area contributed by atoms with Gasteiger partial charge in [-0.05, 0) is 64.2 Å². The fourth-order valence-electron chi connectivity index (χ4n) is 2.98. The first kappa shape index (κ1) is 17.1. The number of methoxy groups -OCH3 is 2. The molecule has 1 amide bonds. The molecule has 0 fully saturated rings. The maximum absolute atomic E-state index is 12.7. The zero-order valence-electron chi connectivity index (χ0n) is 13.4. The predicted molar refractivity (Wildman–Crippen MR) is 97.2 cm³/mol. The van der Waals surface area contributed by atoms with E-state index < -0.39 is 0 Å². The van der Waals surface area contributed by atoms with Crippen molar-refractivity contribution in [2.24, 2.45) is 0 Å². The zero-order chi connectivity index (χ0) is 17.3. The first-order valence-corrected chi connectivity index (χ1v) is 8.71. The Morgan fingerprint density at radius 2 is 1.88 bits per heavy atom. The smallest absolute Gasteiger partial charge is 0.252 e. The van der Waals surface area contributed by atoms with Crippen LogP contribution in [0.5, 0.6) is 11.5 Å². The molecule has 0 saturated carbocycles. The number of aryl methyl sites for hydroxylation is 1. The van der Waals surface area contributed by atoms with Crippen LogP contribution in [0.1, 0.15) is 33.9 Å². The van der Waals surface area contributed by atoms with Crippen LogP contribution in [0, 0.1) is 0 Å². The van der Waals surface area contributed by atoms with Crippen LogP contribution in [-0.2, 0) is 6.42 Å². The van der Waals surface area contributed by atoms with E-state index in [4.69, 9.17) is 21.1 Å². The Hall–Kier alpha value is -1.72. The topological polar surface area (TPSA) is 47.6 Å². The summed E-state index contributed by atoms with van der Waals surface area (Å²) in [5.74, 6) is 0.947. The van der Waals surface area contributed by atoms with E-state index in [-0.39, 0.29) is 11.9 Å². The number of carbonyl (C=O) groups excluding carboxylic acids is 1. The number of nitrogens with one attached hydrogen (secondary N) is 1. The fourth-order valence-corrected chi connectivity index (χ4v) is 3.73. The van der Waals surface area contributed by atoms with Gasteiger partial charge in [0.1, 0.15) is 16.0 Å². The lowest BCUT2D eigenvalue weighted by atomic mass is 10.1. The SMILES string of the molecule is COc1cc(C(=O)NC2CCc3cc(Cl)ccc32)cc(OC)c1Br. The summed E-state index contributed by atoms with van der Waals surface area (Å²) < 4.78 is 11.3. The molecule has 0 aliphatic heterocycles. The number of benzene rings is 2. The van der Waals surface area contributed by atoms with Crippen LogP contribution >= 0.6 is 27.5 Å². The monoisotopic (exact) mass is 409 g/mol. The molecular weight excluding hydrogens is 394 g/mol. The van der Waals surface area contributed by atoms with E-state index in [1.165, 1.54) is 5.56 Å². The second-order valence-corrected chi connectivity index (χ2v) is 6.83. The van der Waals surface area contributed by atoms with Gasteiger partial charge in [0.2, 0.25) is 0 Å². The lowest BCUT2D eigenvalue weighted by Gasteiger charge is -2.16. The van der Waals surface area contributed by atoms with E-state index >= 15 is 0 Å². The average Bonchev–Trinajstić information content (AvgIpc) is 2.96. The van der Waals surface area contributed by atoms with Gasteiger partial charge in [-0.2, -0.15) is 0 Å². The molecule has 0 saturated heterocycles. The van der Waals surface area contributed by atoms with Crippen LogP contribution in [0.2, 0.25) is 5.02 Å². The quantitative estimate of drug-likeness (QED) is 0.805. The van der Waals surface area contributed by atoms with Crippen molar-refractivity contribution in [1.82, 2.24) is 5.32 Å². The van der Waals surface area contributed by atoms with Crippen molar-refractivity contribution in [2.75, 3.05) is 14.2 Å². The Labute approximate surface area is 154 Å². The maximum atomic E-state index is 12.7. The third kappa shape index (κ3) is 3.23. The molecule has 1 aliphatic rings. The second-order valence-electron chi connectivity index (χ2n) is 5.60. The molecule has 4 nitrogen and oxygen atoms in total. The zero-order valence-corrected chi connectivity index (χ0v) is 15.7. The van der Waals surface area contributed by atoms with Gasteiger partial charge in [0.15, 0.2) is 0 Å². The van der Waals surface area contributed by atoms with Crippen molar-refractivity contribution < 1.29 is 14.3 Å². The number of ether oxygens (including phenoxy) is 2. The summed E-state index contributed by atoms with van der Waals surface area (Å²) in [4.78, 5) is 12.7. The maximum Gasteiger partial charge on any atom is 0.252 e. The molecule has 0 radical (unpaired) electrons. The molecule has 1 N–H and O–H groups in total. The number of hydrogen-bond acceptors (Lipinski definition) is 3. The third-order valence-corrected chi connectivity index (χ3v) is 5.21. The van der Waals surface area contributed by atoms with Gasteiger partial charge in [-0.25, -0.2) is 0 Å². The standard InChI is InChI=1S/C18H17BrClNO3/c1-23-15-8-11(9-16(24-2)17(15)19)18(22)21-14-6-3-10-7-12(20)4-5-13(10)14/h4-5,7-9,14H,3,6H2,1-2H3,(H,21,22). The number of halogens is 2. The number of fused-ring (bicyclic) bond motifs is 1. The van der Waals surface area contributed by atoms with Crippen molar-refractivity contribution in [1.29, 1.82) is 0 Å². The summed E-state index contributed by atoms with van der Waals surface area (Å²) in [5, 5.41) is 3.81. The molecular formula is C18H17BrClNO3. The molecule has 1 unspecified atom stereocenters. The first-order chi connectivity index (χ1) is 11.5. The second kappa shape index (κ2) is 7.03. The molecule has 0 aromatic heterocycles. The molecule has 2 aromatic rings. The van der Waals surface area contributed by atoms with Crippen LogP contribution in [0.3, 0.4) is 0 Å². The highest BCUT2D eigenvalue weighted by Crippen LogP contribution is 2.36. The Kier molecular flexibility index (Phi) is 5.01. The van der Waals surface area contributed by atoms with Crippen LogP contribution in [0.25, 0.3) is 0 Å². The molecule has 0 spiro atoms. The van der Waals surface area contributed by atoms with Gasteiger partial charge in [0.05, 0.1) is 20.3 Å². The van der Waals surface area contributed by atoms with Gasteiger partial charge in [-0.15, -0.1) is 0 Å². The van der Waals surface area contributed by atoms with E-state index in [9.17, 15) is 4.79 Å². The highest BCUT2D eigenvalue weighted by atomic mass is 79.9. The van der Waals surface area contributed by atoms with Crippen molar-refractivity contribution in [2.45, 2.75) is 18.9 Å². The molecule has 126 valence electrons. The molecule has 1 aliphatic carbocycles. The predicted octanol–water partition coefficient (Wildman–Crippen LogP) is 4.54. The minimum Gasteiger partial charge on any atom is -0.495 e. The Balaban J connectivity index is 1.84. The van der Waals surface area contributed by atoms with Crippen LogP contribution in [-0.4, -0.2) is 20.1 Å². The summed E-state index contributed by atoms with van der Waals surface area (Å²) in [7, 11) is 3.11. The van der Waals surface area contributed by atoms with Crippen molar-refractivity contribution >= 4 is 33.4 Å². The van der Waals surface area contributed by atoms with Crippen molar-refractivity contribution in [3.05, 3.63) is 56.5 Å². The van der Waals surface area contributed by atoms with E-state index in [1.54, 1.807) is 26.4 Å². The van der Waals surface area contributed by atoms with E-state index in [0.29, 0.717) is 21.5 Å². The molecule has 24 heavy (non-hydrogen) atoms. The summed E-state index contributed by atoms with van der Waals surface area (Å²) >= 11 is 9.44. The van der Waals surface area contributed by atoms with Crippen LogP contribution in [0.15, 0.2) is 34.8 Å². The highest BCUT2D eigenvalue weighted by Gasteiger charge is 2.25. The van der Waals surface area contributed by atoms with Gasteiger partial charge >= 0.3 is 0 Å². The summed E-state index contributed by atoms with van der Waals surface area (Å²) in [6.07, 6.45) is 1.78. The Morgan fingerprint density at radius 1 is 1.21 bits per heavy atom. The van der Waals surface area contributed by atoms with E-state index in [0.717, 1.165) is 23.4 Å². The molecule has 3 rings (SSSR count). The van der Waals surface area contributed by atoms with Gasteiger partial charge in [0, 0.05) is 10.6 Å². The molecule has 2 aromatic carbocycles. The lowest BCUT2D eigenvalue weighted by molar-refractivity contribution is 0.0936. The molecule has 0 heterocycles. The number of hydrogen-bond donors (Lipinski definition) is 1. The summed E-state index contributed by atoms with van der Waals surface area (Å²) in [6, 6.07) is 9.19. The van der Waals surface area contributed by atoms with Gasteiger partial charge in [-0.3, -0.25) is 4.79 Å². The van der Waals surface area contributed by atoms with Gasteiger partial charge in [0.25, 0.3) is 5.91 Å². The summed E-state index contributed by atoms with van der Waals surface area (Å²) in [5.41, 5.74) is 2.82. The Bertz CT molecular complexity index is 769. The number of amides is 1. The van der Waals surface area contributed by atoms with Crippen molar-refractivity contribution in [3.63, 3.8) is 0 Å². The van der Waals surface area contributed by atoms with Crippen molar-refractivity contribution in [3.8, 4) is 11.5 Å². The van der Waals surface area contributed by atoms with E-state index in [1.807, 2.05) is 18.2 Å². The Morgan fingerprint density at radius 3 is 2.50 bits per heavy atom. The largest absolute Gasteiger partial charge is 0.495 e. The fraction of sp³-hybridized carbons (Fsp3) is 0.278. The van der Waals surface area contributed by atoms with Gasteiger partial charge in [-0.1, -0.05) is 17.7 Å². The van der Waals surface area contributed by atoms with Gasteiger partial charge < -0.3 is 14.8 Å². The minimum absolute atomic E-state index is 0.00889. The molecule has 0 bridgehead atoms. The number of rotatable bonds is 4. The normalized spacial score (nSPS) is 15.8. The average molecular weight is 411 g/mol. The molecule has 1 atom stereocenters. The lowest BCUT2D eigenvalue weighted by Crippen LogP contribution is -2.27. The van der Waals surface area contributed by atoms with Crippen LogP contribution < -0.4 is 14.8 Å². The third-order valence-electron chi connectivity index (χ3n) is 4.20. The first-order valence-electron chi connectivity index (χ1n) is 7.54. The highest BCUT2D eigenvalue weighted by molar-refractivity contribution is 9.10. The minimum atomic E-state index is -0.160.